The van der Waals surface area contributed by atoms with Crippen molar-refractivity contribution in [2.24, 2.45) is 5.41 Å². The smallest absolute Gasteiger partial charge is 0.226 e. The Kier molecular flexibility index (Phi) is 5.50. The zero-order valence-corrected chi connectivity index (χ0v) is 13.9. The van der Waals surface area contributed by atoms with Crippen LogP contribution in [0, 0.1) is 5.41 Å². The van der Waals surface area contributed by atoms with Gasteiger partial charge >= 0.3 is 0 Å². The van der Waals surface area contributed by atoms with Gasteiger partial charge in [0.25, 0.3) is 0 Å². The third-order valence-corrected chi connectivity index (χ3v) is 5.11. The lowest BCUT2D eigenvalue weighted by Gasteiger charge is -2.23. The maximum absolute atomic E-state index is 12.0. The van der Waals surface area contributed by atoms with Gasteiger partial charge in [-0.3, -0.25) is 4.79 Å². The van der Waals surface area contributed by atoms with Crippen LogP contribution in [0.3, 0.4) is 0 Å². The van der Waals surface area contributed by atoms with E-state index in [1.54, 1.807) is 22.7 Å². The van der Waals surface area contributed by atoms with Crippen molar-refractivity contribution >= 4 is 28.6 Å². The lowest BCUT2D eigenvalue weighted by Crippen LogP contribution is -2.35. The summed E-state index contributed by atoms with van der Waals surface area (Å²) in [7, 11) is 0. The van der Waals surface area contributed by atoms with Gasteiger partial charge < -0.3 is 10.4 Å². The van der Waals surface area contributed by atoms with Crippen LogP contribution in [0.5, 0.6) is 0 Å². The number of aliphatic hydroxyl groups excluding tert-OH is 1. The van der Waals surface area contributed by atoms with Crippen LogP contribution in [0.2, 0.25) is 0 Å². The minimum absolute atomic E-state index is 0.0240. The SMILES string of the molecule is CC(C)(CCO)CNC(=O)Cc1csc(-c2cccs2)n1. The van der Waals surface area contributed by atoms with Gasteiger partial charge in [-0.1, -0.05) is 19.9 Å². The molecule has 0 unspecified atom stereocenters. The number of rotatable bonds is 7. The molecule has 2 aromatic heterocycles. The minimum atomic E-state index is -0.0887. The molecule has 1 amide bonds. The number of carbonyl (C=O) groups excluding carboxylic acids is 1. The molecule has 114 valence electrons. The number of aliphatic hydroxyl groups is 1. The summed E-state index contributed by atoms with van der Waals surface area (Å²) in [5.74, 6) is -0.0240. The van der Waals surface area contributed by atoms with Crippen molar-refractivity contribution in [3.05, 3.63) is 28.6 Å². The van der Waals surface area contributed by atoms with E-state index >= 15 is 0 Å². The summed E-state index contributed by atoms with van der Waals surface area (Å²) in [6.07, 6.45) is 0.976. The highest BCUT2D eigenvalue weighted by Crippen LogP contribution is 2.27. The second-order valence-electron chi connectivity index (χ2n) is 5.71. The molecule has 0 bridgehead atoms. The highest BCUT2D eigenvalue weighted by Gasteiger charge is 2.18. The number of thiazole rings is 1. The van der Waals surface area contributed by atoms with Gasteiger partial charge in [-0.15, -0.1) is 22.7 Å². The Labute approximate surface area is 132 Å². The Balaban J connectivity index is 1.86. The van der Waals surface area contributed by atoms with Gasteiger partial charge in [-0.2, -0.15) is 0 Å². The average Bonchev–Trinajstić information content (AvgIpc) is 3.06. The van der Waals surface area contributed by atoms with Gasteiger partial charge in [0.2, 0.25) is 5.91 Å². The first kappa shape index (κ1) is 16.1. The maximum Gasteiger partial charge on any atom is 0.226 e. The number of thiophene rings is 1. The fourth-order valence-corrected chi connectivity index (χ4v) is 3.49. The van der Waals surface area contributed by atoms with E-state index in [2.05, 4.69) is 10.3 Å². The average molecular weight is 324 g/mol. The number of carbonyl (C=O) groups is 1. The van der Waals surface area contributed by atoms with E-state index in [1.165, 1.54) is 0 Å². The lowest BCUT2D eigenvalue weighted by atomic mass is 9.90. The van der Waals surface area contributed by atoms with Crippen LogP contribution in [0.1, 0.15) is 26.0 Å². The van der Waals surface area contributed by atoms with E-state index in [1.807, 2.05) is 36.7 Å². The molecule has 0 fully saturated rings. The molecule has 0 atom stereocenters. The quantitative estimate of drug-likeness (QED) is 0.823. The van der Waals surface area contributed by atoms with E-state index in [0.717, 1.165) is 15.6 Å². The second-order valence-corrected chi connectivity index (χ2v) is 7.52. The zero-order valence-electron chi connectivity index (χ0n) is 12.3. The molecule has 0 aliphatic carbocycles. The van der Waals surface area contributed by atoms with Crippen LogP contribution in [-0.4, -0.2) is 29.1 Å². The van der Waals surface area contributed by atoms with Crippen LogP contribution in [-0.2, 0) is 11.2 Å². The van der Waals surface area contributed by atoms with Crippen LogP contribution in [0.15, 0.2) is 22.9 Å². The highest BCUT2D eigenvalue weighted by atomic mass is 32.1. The minimum Gasteiger partial charge on any atom is -0.396 e. The standard InChI is InChI=1S/C15H20N2O2S2/c1-15(2,5-6-18)10-16-13(19)8-11-9-21-14(17-11)12-4-3-7-20-12/h3-4,7,9,18H,5-6,8,10H2,1-2H3,(H,16,19). The van der Waals surface area contributed by atoms with Gasteiger partial charge in [-0.25, -0.2) is 4.98 Å². The van der Waals surface area contributed by atoms with Crippen molar-refractivity contribution in [2.75, 3.05) is 13.2 Å². The molecule has 2 N–H and O–H groups in total. The van der Waals surface area contributed by atoms with E-state index < -0.39 is 0 Å². The zero-order chi connectivity index (χ0) is 15.3. The molecule has 6 heteroatoms. The highest BCUT2D eigenvalue weighted by molar-refractivity contribution is 7.20. The molecule has 0 radical (unpaired) electrons. The summed E-state index contributed by atoms with van der Waals surface area (Å²) in [5, 5.41) is 16.8. The number of hydrogen-bond donors (Lipinski definition) is 2. The third-order valence-electron chi connectivity index (χ3n) is 3.18. The summed E-state index contributed by atoms with van der Waals surface area (Å²) in [5.41, 5.74) is 0.718. The van der Waals surface area contributed by atoms with Crippen molar-refractivity contribution in [1.29, 1.82) is 0 Å². The first-order valence-electron chi connectivity index (χ1n) is 6.86. The number of nitrogens with one attached hydrogen (secondary N) is 1. The molecule has 2 aromatic rings. The number of hydrogen-bond acceptors (Lipinski definition) is 5. The lowest BCUT2D eigenvalue weighted by molar-refractivity contribution is -0.121. The molecular weight excluding hydrogens is 304 g/mol. The van der Waals surface area contributed by atoms with Crippen molar-refractivity contribution in [1.82, 2.24) is 10.3 Å². The van der Waals surface area contributed by atoms with Gasteiger partial charge in [-0.05, 0) is 23.3 Å². The van der Waals surface area contributed by atoms with E-state index in [9.17, 15) is 4.79 Å². The van der Waals surface area contributed by atoms with E-state index in [4.69, 9.17) is 5.11 Å². The molecule has 0 aliphatic heterocycles. The van der Waals surface area contributed by atoms with Crippen molar-refractivity contribution in [3.63, 3.8) is 0 Å². The van der Waals surface area contributed by atoms with Crippen LogP contribution in [0.4, 0.5) is 0 Å². The number of amides is 1. The second kappa shape index (κ2) is 7.15. The van der Waals surface area contributed by atoms with Gasteiger partial charge in [0.1, 0.15) is 5.01 Å². The van der Waals surface area contributed by atoms with Crippen LogP contribution < -0.4 is 5.32 Å². The molecule has 0 spiro atoms. The molecule has 0 aliphatic rings. The number of aromatic nitrogens is 1. The van der Waals surface area contributed by atoms with E-state index in [0.29, 0.717) is 19.4 Å². The molecule has 0 saturated heterocycles. The Bertz CT molecular complexity index is 576. The Morgan fingerprint density at radius 3 is 2.90 bits per heavy atom. The Morgan fingerprint density at radius 1 is 1.43 bits per heavy atom. The molecule has 2 rings (SSSR count). The summed E-state index contributed by atoms with van der Waals surface area (Å²) < 4.78 is 0. The number of nitrogens with zero attached hydrogens (tertiary/aromatic N) is 1. The largest absolute Gasteiger partial charge is 0.396 e. The predicted octanol–water partition coefficient (Wildman–Crippen LogP) is 2.94. The molecule has 0 aromatic carbocycles. The summed E-state index contributed by atoms with van der Waals surface area (Å²) in [6.45, 7) is 4.76. The van der Waals surface area contributed by atoms with Crippen molar-refractivity contribution in [2.45, 2.75) is 26.7 Å². The van der Waals surface area contributed by atoms with Gasteiger partial charge in [0.15, 0.2) is 0 Å². The van der Waals surface area contributed by atoms with Crippen LogP contribution in [0.25, 0.3) is 9.88 Å². The molecule has 4 nitrogen and oxygen atoms in total. The first-order chi connectivity index (χ1) is 10.00. The monoisotopic (exact) mass is 324 g/mol. The maximum atomic E-state index is 12.0. The molecular formula is C15H20N2O2S2. The molecule has 0 saturated carbocycles. The Morgan fingerprint density at radius 2 is 2.24 bits per heavy atom. The van der Waals surface area contributed by atoms with Gasteiger partial charge in [0.05, 0.1) is 17.0 Å². The first-order valence-corrected chi connectivity index (χ1v) is 8.62. The van der Waals surface area contributed by atoms with Gasteiger partial charge in [0, 0.05) is 18.5 Å². The Hall–Kier alpha value is -1.24. The van der Waals surface area contributed by atoms with Crippen molar-refractivity contribution < 1.29 is 9.90 Å². The van der Waals surface area contributed by atoms with Crippen LogP contribution >= 0.6 is 22.7 Å². The fourth-order valence-electron chi connectivity index (χ4n) is 1.86. The predicted molar refractivity (Wildman–Crippen MR) is 87.6 cm³/mol. The van der Waals surface area contributed by atoms with E-state index in [-0.39, 0.29) is 17.9 Å². The third kappa shape index (κ3) is 4.91. The summed E-state index contributed by atoms with van der Waals surface area (Å²) in [6, 6.07) is 4.03. The molecule has 2 heterocycles. The fraction of sp³-hybridized carbons (Fsp3) is 0.467. The summed E-state index contributed by atoms with van der Waals surface area (Å²) >= 11 is 3.22. The molecule has 21 heavy (non-hydrogen) atoms. The topological polar surface area (TPSA) is 62.2 Å². The summed E-state index contributed by atoms with van der Waals surface area (Å²) in [4.78, 5) is 17.6. The normalized spacial score (nSPS) is 11.6. The van der Waals surface area contributed by atoms with Crippen molar-refractivity contribution in [3.8, 4) is 9.88 Å².